The summed E-state index contributed by atoms with van der Waals surface area (Å²) in [5.74, 6) is -0.423. The average molecular weight is 281 g/mol. The van der Waals surface area contributed by atoms with Gasteiger partial charge in [-0.3, -0.25) is 14.8 Å². The second-order valence-corrected chi connectivity index (χ2v) is 5.24. The first kappa shape index (κ1) is 12.5. The Hall–Kier alpha value is -2.53. The van der Waals surface area contributed by atoms with Crippen molar-refractivity contribution >= 4 is 17.2 Å². The second-order valence-electron chi connectivity index (χ2n) is 4.19. The van der Waals surface area contributed by atoms with Crippen LogP contribution in [0.25, 0.3) is 20.9 Å². The van der Waals surface area contributed by atoms with E-state index in [2.05, 4.69) is 9.97 Å². The molecule has 1 amide bonds. The number of rotatable bonds is 3. The summed E-state index contributed by atoms with van der Waals surface area (Å²) in [5.41, 5.74) is 7.98. The van der Waals surface area contributed by atoms with Gasteiger partial charge in [0.25, 0.3) is 0 Å². The van der Waals surface area contributed by atoms with Gasteiger partial charge in [-0.2, -0.15) is 0 Å². The summed E-state index contributed by atoms with van der Waals surface area (Å²) >= 11 is 1.54. The molecule has 5 heteroatoms. The number of hydrogen-bond donors (Lipinski definition) is 1. The van der Waals surface area contributed by atoms with Gasteiger partial charge in [0.2, 0.25) is 5.91 Å². The molecule has 0 aliphatic carbocycles. The molecule has 3 rings (SSSR count). The van der Waals surface area contributed by atoms with Crippen molar-refractivity contribution in [1.29, 1.82) is 0 Å². The van der Waals surface area contributed by atoms with E-state index in [1.54, 1.807) is 24.8 Å². The van der Waals surface area contributed by atoms with Crippen LogP contribution in [-0.2, 0) is 0 Å². The fraction of sp³-hybridized carbons (Fsp3) is 0. The molecule has 0 bridgehead atoms. The molecule has 98 valence electrons. The zero-order chi connectivity index (χ0) is 13.9. The van der Waals surface area contributed by atoms with E-state index in [9.17, 15) is 4.79 Å². The van der Waals surface area contributed by atoms with Crippen molar-refractivity contribution in [2.24, 2.45) is 5.73 Å². The Bertz CT molecular complexity index is 738. The zero-order valence-electron chi connectivity index (χ0n) is 10.5. The summed E-state index contributed by atoms with van der Waals surface area (Å²) in [5, 5.41) is 0. The number of aromatic nitrogens is 2. The van der Waals surface area contributed by atoms with Crippen LogP contribution in [0.2, 0.25) is 0 Å². The third-order valence-electron chi connectivity index (χ3n) is 2.90. The van der Waals surface area contributed by atoms with Crippen LogP contribution in [0.1, 0.15) is 10.4 Å². The van der Waals surface area contributed by atoms with Crippen LogP contribution >= 0.6 is 11.3 Å². The molecule has 3 aromatic heterocycles. The molecule has 0 atom stereocenters. The third kappa shape index (κ3) is 2.31. The highest BCUT2D eigenvalue weighted by Gasteiger charge is 2.16. The zero-order valence-corrected chi connectivity index (χ0v) is 11.3. The summed E-state index contributed by atoms with van der Waals surface area (Å²) in [4.78, 5) is 21.5. The Labute approximate surface area is 119 Å². The van der Waals surface area contributed by atoms with E-state index in [4.69, 9.17) is 5.73 Å². The van der Waals surface area contributed by atoms with Gasteiger partial charge in [-0.15, -0.1) is 11.3 Å². The molecular formula is C15H11N3OS. The minimum atomic E-state index is -0.423. The quantitative estimate of drug-likeness (QED) is 0.802. The molecular weight excluding hydrogens is 270 g/mol. The summed E-state index contributed by atoms with van der Waals surface area (Å²) < 4.78 is 0. The van der Waals surface area contributed by atoms with E-state index >= 15 is 0 Å². The van der Waals surface area contributed by atoms with Gasteiger partial charge in [0.15, 0.2) is 0 Å². The summed E-state index contributed by atoms with van der Waals surface area (Å²) in [7, 11) is 0. The van der Waals surface area contributed by atoms with Gasteiger partial charge in [0.05, 0.1) is 5.56 Å². The van der Waals surface area contributed by atoms with Crippen molar-refractivity contribution < 1.29 is 4.79 Å². The largest absolute Gasteiger partial charge is 0.366 e. The van der Waals surface area contributed by atoms with Crippen LogP contribution in [0.4, 0.5) is 0 Å². The fourth-order valence-electron chi connectivity index (χ4n) is 1.95. The molecule has 0 radical (unpaired) electrons. The number of thiophene rings is 1. The van der Waals surface area contributed by atoms with E-state index in [1.807, 2.05) is 30.3 Å². The molecule has 0 aliphatic heterocycles. The Balaban J connectivity index is 2.15. The van der Waals surface area contributed by atoms with Crippen molar-refractivity contribution in [3.05, 3.63) is 60.7 Å². The lowest BCUT2D eigenvalue weighted by atomic mass is 10.1. The standard InChI is InChI=1S/C15H11N3OS/c16-15(19)12-9-13(10-1-5-17-6-2-10)20-14(12)11-3-7-18-8-4-11/h1-9H,(H2,16,19). The van der Waals surface area contributed by atoms with Crippen LogP contribution in [0.15, 0.2) is 55.1 Å². The lowest BCUT2D eigenvalue weighted by Crippen LogP contribution is -2.10. The van der Waals surface area contributed by atoms with Gasteiger partial charge in [-0.25, -0.2) is 0 Å². The number of carbonyl (C=O) groups excluding carboxylic acids is 1. The van der Waals surface area contributed by atoms with Gasteiger partial charge < -0.3 is 5.73 Å². The minimum absolute atomic E-state index is 0.423. The molecule has 0 aliphatic rings. The highest BCUT2D eigenvalue weighted by atomic mass is 32.1. The molecule has 0 fully saturated rings. The van der Waals surface area contributed by atoms with Crippen LogP contribution in [-0.4, -0.2) is 15.9 Å². The second kappa shape index (κ2) is 5.22. The lowest BCUT2D eigenvalue weighted by molar-refractivity contribution is 0.100. The normalized spacial score (nSPS) is 10.4. The van der Waals surface area contributed by atoms with E-state index in [0.717, 1.165) is 20.9 Å². The Morgan fingerprint density at radius 2 is 1.50 bits per heavy atom. The minimum Gasteiger partial charge on any atom is -0.366 e. The summed E-state index contributed by atoms with van der Waals surface area (Å²) in [6.07, 6.45) is 6.86. The summed E-state index contributed by atoms with van der Waals surface area (Å²) in [6.45, 7) is 0. The Morgan fingerprint density at radius 3 is 2.05 bits per heavy atom. The first-order valence-electron chi connectivity index (χ1n) is 6.00. The predicted octanol–water partition coefficient (Wildman–Crippen LogP) is 2.97. The number of pyridine rings is 2. The number of nitrogens with two attached hydrogens (primary N) is 1. The first-order chi connectivity index (χ1) is 9.75. The molecule has 0 saturated carbocycles. The first-order valence-corrected chi connectivity index (χ1v) is 6.82. The predicted molar refractivity (Wildman–Crippen MR) is 79.3 cm³/mol. The third-order valence-corrected chi connectivity index (χ3v) is 4.14. The van der Waals surface area contributed by atoms with E-state index < -0.39 is 5.91 Å². The van der Waals surface area contributed by atoms with Gasteiger partial charge in [0, 0.05) is 34.5 Å². The number of primary amides is 1. The number of nitrogens with zero attached hydrogens (tertiary/aromatic N) is 2. The smallest absolute Gasteiger partial charge is 0.250 e. The van der Waals surface area contributed by atoms with E-state index in [0.29, 0.717) is 5.56 Å². The fourth-order valence-corrected chi connectivity index (χ4v) is 3.12. The van der Waals surface area contributed by atoms with Crippen molar-refractivity contribution in [1.82, 2.24) is 9.97 Å². The highest BCUT2D eigenvalue weighted by molar-refractivity contribution is 7.19. The molecule has 0 saturated heterocycles. The molecule has 2 N–H and O–H groups in total. The monoisotopic (exact) mass is 281 g/mol. The van der Waals surface area contributed by atoms with E-state index in [1.165, 1.54) is 11.3 Å². The molecule has 3 heterocycles. The molecule has 20 heavy (non-hydrogen) atoms. The summed E-state index contributed by atoms with van der Waals surface area (Å²) in [6, 6.07) is 9.39. The van der Waals surface area contributed by atoms with Crippen molar-refractivity contribution in [3.63, 3.8) is 0 Å². The number of hydrogen-bond acceptors (Lipinski definition) is 4. The lowest BCUT2D eigenvalue weighted by Gasteiger charge is -1.99. The maximum absolute atomic E-state index is 11.6. The molecule has 3 aromatic rings. The highest BCUT2D eigenvalue weighted by Crippen LogP contribution is 2.37. The molecule has 0 unspecified atom stereocenters. The Morgan fingerprint density at radius 1 is 0.950 bits per heavy atom. The van der Waals surface area contributed by atoms with Crippen LogP contribution in [0, 0.1) is 0 Å². The maximum atomic E-state index is 11.6. The number of carbonyl (C=O) groups is 1. The molecule has 0 aromatic carbocycles. The van der Waals surface area contributed by atoms with Crippen LogP contribution in [0.5, 0.6) is 0 Å². The van der Waals surface area contributed by atoms with Gasteiger partial charge in [-0.1, -0.05) is 0 Å². The van der Waals surface area contributed by atoms with Crippen molar-refractivity contribution in [2.45, 2.75) is 0 Å². The van der Waals surface area contributed by atoms with E-state index in [-0.39, 0.29) is 0 Å². The van der Waals surface area contributed by atoms with Gasteiger partial charge in [-0.05, 0) is 41.5 Å². The van der Waals surface area contributed by atoms with Crippen molar-refractivity contribution in [2.75, 3.05) is 0 Å². The topological polar surface area (TPSA) is 68.9 Å². The SMILES string of the molecule is NC(=O)c1cc(-c2ccncc2)sc1-c1ccncc1. The van der Waals surface area contributed by atoms with Crippen molar-refractivity contribution in [3.8, 4) is 20.9 Å². The molecule has 0 spiro atoms. The molecule has 4 nitrogen and oxygen atoms in total. The Kier molecular flexibility index (Phi) is 3.26. The average Bonchev–Trinajstić information content (AvgIpc) is 2.94. The van der Waals surface area contributed by atoms with Crippen LogP contribution < -0.4 is 5.73 Å². The number of amides is 1. The van der Waals surface area contributed by atoms with Gasteiger partial charge >= 0.3 is 0 Å². The maximum Gasteiger partial charge on any atom is 0.250 e. The van der Waals surface area contributed by atoms with Gasteiger partial charge in [0.1, 0.15) is 0 Å². The van der Waals surface area contributed by atoms with Crippen LogP contribution in [0.3, 0.4) is 0 Å².